The molecule has 0 saturated heterocycles. The van der Waals surface area contributed by atoms with Crippen molar-refractivity contribution in [1.29, 1.82) is 0 Å². The van der Waals surface area contributed by atoms with E-state index >= 15 is 0 Å². The lowest BCUT2D eigenvalue weighted by atomic mass is 10.0. The minimum Gasteiger partial charge on any atom is -0.306 e. The van der Waals surface area contributed by atoms with Crippen molar-refractivity contribution in [3.05, 3.63) is 67.0 Å². The van der Waals surface area contributed by atoms with Gasteiger partial charge in [0.05, 0.1) is 15.9 Å². The average Bonchev–Trinajstić information content (AvgIpc) is 2.75. The molecule has 1 aromatic heterocycles. The summed E-state index contributed by atoms with van der Waals surface area (Å²) in [6.45, 7) is 0. The third-order valence-corrected chi connectivity index (χ3v) is 4.98. The second kappa shape index (κ2) is 5.50. The molecule has 0 aliphatic carbocycles. The Morgan fingerprint density at radius 3 is 2.20 bits per heavy atom. The molecule has 3 nitrogen and oxygen atoms in total. The minimum absolute atomic E-state index is 0.0547. The van der Waals surface area contributed by atoms with Crippen LogP contribution >= 0.6 is 47.8 Å². The predicted octanol–water partition coefficient (Wildman–Crippen LogP) is 4.87. The quantitative estimate of drug-likeness (QED) is 0.527. The van der Waals surface area contributed by atoms with Gasteiger partial charge in [-0.05, 0) is 41.5 Å². The first-order chi connectivity index (χ1) is 9.52. The molecule has 2 aromatic carbocycles. The van der Waals surface area contributed by atoms with Crippen LogP contribution in [-0.2, 0) is 0 Å². The molecule has 1 unspecified atom stereocenters. The zero-order valence-corrected chi connectivity index (χ0v) is 14.8. The van der Waals surface area contributed by atoms with E-state index in [1.54, 1.807) is 0 Å². The van der Waals surface area contributed by atoms with Crippen LogP contribution in [0.4, 0.5) is 0 Å². The van der Waals surface area contributed by atoms with Gasteiger partial charge in [0, 0.05) is 8.95 Å². The molecule has 0 amide bonds. The van der Waals surface area contributed by atoms with E-state index in [-0.39, 0.29) is 10.5 Å². The molecule has 0 aliphatic heterocycles. The highest BCUT2D eigenvalue weighted by Gasteiger charge is 2.13. The van der Waals surface area contributed by atoms with Gasteiger partial charge in [-0.2, -0.15) is 0 Å². The number of nitrogens with one attached hydrogen (secondary N) is 2. The molecule has 2 N–H and O–H groups in total. The highest BCUT2D eigenvalue weighted by molar-refractivity contribution is 9.11. The van der Waals surface area contributed by atoms with Crippen LogP contribution in [0, 0.1) is 0 Å². The maximum absolute atomic E-state index is 11.3. The second-order valence-corrected chi connectivity index (χ2v) is 7.20. The van der Waals surface area contributed by atoms with Crippen LogP contribution in [0.2, 0.25) is 0 Å². The van der Waals surface area contributed by atoms with Crippen LogP contribution in [0.1, 0.15) is 16.0 Å². The van der Waals surface area contributed by atoms with Crippen LogP contribution in [0.3, 0.4) is 0 Å². The van der Waals surface area contributed by atoms with Gasteiger partial charge in [0.25, 0.3) is 0 Å². The molecule has 0 fully saturated rings. The smallest absolute Gasteiger partial charge is 0.306 e. The monoisotopic (exact) mass is 458 g/mol. The lowest BCUT2D eigenvalue weighted by Crippen LogP contribution is -1.99. The van der Waals surface area contributed by atoms with Gasteiger partial charge in [0.2, 0.25) is 0 Å². The van der Waals surface area contributed by atoms with Gasteiger partial charge in [0.15, 0.2) is 0 Å². The SMILES string of the molecule is O=c1[nH]c2ccc(C(Br)c3cc(Br)cc(Br)c3)cc2[nH]1. The maximum Gasteiger partial charge on any atom is 0.323 e. The first kappa shape index (κ1) is 14.1. The fourth-order valence-electron chi connectivity index (χ4n) is 2.12. The molecule has 3 rings (SSSR count). The summed E-state index contributed by atoms with van der Waals surface area (Å²) in [7, 11) is 0. The Hall–Kier alpha value is -0.850. The van der Waals surface area contributed by atoms with Gasteiger partial charge in [-0.25, -0.2) is 4.79 Å². The van der Waals surface area contributed by atoms with Crippen LogP contribution in [0.15, 0.2) is 50.1 Å². The molecule has 6 heteroatoms. The van der Waals surface area contributed by atoms with Crippen molar-refractivity contribution in [1.82, 2.24) is 9.97 Å². The van der Waals surface area contributed by atoms with E-state index < -0.39 is 0 Å². The fourth-order valence-corrected chi connectivity index (χ4v) is 4.00. The zero-order valence-electron chi connectivity index (χ0n) is 10.1. The highest BCUT2D eigenvalue weighted by Crippen LogP contribution is 2.34. The highest BCUT2D eigenvalue weighted by atomic mass is 79.9. The molecule has 1 atom stereocenters. The Kier molecular flexibility index (Phi) is 3.88. The number of imidazole rings is 1. The molecule has 0 saturated carbocycles. The van der Waals surface area contributed by atoms with Crippen molar-refractivity contribution in [2.45, 2.75) is 4.83 Å². The van der Waals surface area contributed by atoms with E-state index in [9.17, 15) is 4.79 Å². The van der Waals surface area contributed by atoms with Gasteiger partial charge in [-0.1, -0.05) is 53.9 Å². The number of rotatable bonds is 2. The van der Waals surface area contributed by atoms with Crippen molar-refractivity contribution in [3.63, 3.8) is 0 Å². The summed E-state index contributed by atoms with van der Waals surface area (Å²) in [5, 5.41) is 0. The van der Waals surface area contributed by atoms with E-state index in [2.05, 4.69) is 69.9 Å². The number of alkyl halides is 1. The van der Waals surface area contributed by atoms with E-state index in [0.717, 1.165) is 31.1 Å². The standard InChI is InChI=1S/C14H9Br3N2O/c15-9-3-8(4-10(16)6-9)13(17)7-1-2-11-12(5-7)19-14(20)18-11/h1-6,13H,(H2,18,19,20). The molecule has 102 valence electrons. The number of H-pyrrole nitrogens is 2. The molecule has 20 heavy (non-hydrogen) atoms. The number of aromatic nitrogens is 2. The van der Waals surface area contributed by atoms with Crippen LogP contribution in [0.5, 0.6) is 0 Å². The molecular weight excluding hydrogens is 452 g/mol. The third-order valence-electron chi connectivity index (χ3n) is 3.01. The van der Waals surface area contributed by atoms with Crippen LogP contribution in [-0.4, -0.2) is 9.97 Å². The second-order valence-electron chi connectivity index (χ2n) is 4.45. The summed E-state index contributed by atoms with van der Waals surface area (Å²) in [5.74, 6) is 0. The Morgan fingerprint density at radius 1 is 0.850 bits per heavy atom. The van der Waals surface area contributed by atoms with E-state index in [4.69, 9.17) is 0 Å². The first-order valence-electron chi connectivity index (χ1n) is 5.85. The number of benzene rings is 2. The Labute approximate surface area is 140 Å². The number of fused-ring (bicyclic) bond motifs is 1. The van der Waals surface area contributed by atoms with E-state index in [1.807, 2.05) is 24.3 Å². The van der Waals surface area contributed by atoms with Crippen molar-refractivity contribution in [3.8, 4) is 0 Å². The van der Waals surface area contributed by atoms with Gasteiger partial charge in [-0.15, -0.1) is 0 Å². The Bertz CT molecular complexity index is 818. The molecule has 0 aliphatic rings. The molecule has 0 radical (unpaired) electrons. The number of hydrogen-bond donors (Lipinski definition) is 2. The summed E-state index contributed by atoms with van der Waals surface area (Å²) in [6, 6.07) is 12.0. The zero-order chi connectivity index (χ0) is 14.3. The summed E-state index contributed by atoms with van der Waals surface area (Å²) in [4.78, 5) is 16.9. The normalized spacial score (nSPS) is 12.8. The van der Waals surface area contributed by atoms with Crippen molar-refractivity contribution in [2.75, 3.05) is 0 Å². The molecule has 0 bridgehead atoms. The fraction of sp³-hybridized carbons (Fsp3) is 0.0714. The average molecular weight is 461 g/mol. The largest absolute Gasteiger partial charge is 0.323 e. The summed E-state index contributed by atoms with van der Waals surface area (Å²) in [5.41, 5.74) is 3.65. The number of hydrogen-bond acceptors (Lipinski definition) is 1. The number of aromatic amines is 2. The molecule has 1 heterocycles. The van der Waals surface area contributed by atoms with Crippen molar-refractivity contribution < 1.29 is 0 Å². The van der Waals surface area contributed by atoms with E-state index in [1.165, 1.54) is 0 Å². The van der Waals surface area contributed by atoms with E-state index in [0.29, 0.717) is 0 Å². The topological polar surface area (TPSA) is 48.6 Å². The Balaban J connectivity index is 2.06. The van der Waals surface area contributed by atoms with Crippen molar-refractivity contribution >= 4 is 58.8 Å². The van der Waals surface area contributed by atoms with Crippen molar-refractivity contribution in [2.24, 2.45) is 0 Å². The molecular formula is C14H9Br3N2O. The van der Waals surface area contributed by atoms with Gasteiger partial charge >= 0.3 is 5.69 Å². The van der Waals surface area contributed by atoms with Crippen LogP contribution in [0.25, 0.3) is 11.0 Å². The minimum atomic E-state index is -0.187. The van der Waals surface area contributed by atoms with Crippen LogP contribution < -0.4 is 5.69 Å². The lowest BCUT2D eigenvalue weighted by molar-refractivity contribution is 1.17. The van der Waals surface area contributed by atoms with Gasteiger partial charge in [-0.3, -0.25) is 0 Å². The number of halogens is 3. The predicted molar refractivity (Wildman–Crippen MR) is 91.5 cm³/mol. The maximum atomic E-state index is 11.3. The molecule has 0 spiro atoms. The van der Waals surface area contributed by atoms with Gasteiger partial charge < -0.3 is 9.97 Å². The van der Waals surface area contributed by atoms with Gasteiger partial charge in [0.1, 0.15) is 0 Å². The summed E-state index contributed by atoms with van der Waals surface area (Å²) < 4.78 is 2.03. The molecule has 3 aromatic rings. The Morgan fingerprint density at radius 2 is 1.50 bits per heavy atom. The lowest BCUT2D eigenvalue weighted by Gasteiger charge is -2.12. The summed E-state index contributed by atoms with van der Waals surface area (Å²) in [6.07, 6.45) is 0. The third kappa shape index (κ3) is 2.77. The summed E-state index contributed by atoms with van der Waals surface area (Å²) >= 11 is 10.7. The first-order valence-corrected chi connectivity index (χ1v) is 8.35.